The highest BCUT2D eigenvalue weighted by atomic mass is 16.4. The number of amides is 1. The Morgan fingerprint density at radius 2 is 2.43 bits per heavy atom. The SMILES string of the molecule is CC(C(=O)O)C(=O)NCc1cnc[nH]1. The maximum Gasteiger partial charge on any atom is 0.315 e. The minimum absolute atomic E-state index is 0.260. The van der Waals surface area contributed by atoms with Crippen LogP contribution in [-0.2, 0) is 16.1 Å². The van der Waals surface area contributed by atoms with Crippen molar-refractivity contribution in [3.63, 3.8) is 0 Å². The fourth-order valence-electron chi connectivity index (χ4n) is 0.829. The van der Waals surface area contributed by atoms with Crippen LogP contribution in [0, 0.1) is 5.92 Å². The first kappa shape index (κ1) is 10.2. The first-order chi connectivity index (χ1) is 6.61. The zero-order chi connectivity index (χ0) is 10.6. The van der Waals surface area contributed by atoms with Gasteiger partial charge in [0.15, 0.2) is 0 Å². The molecule has 0 spiro atoms. The van der Waals surface area contributed by atoms with Crippen LogP contribution in [0.1, 0.15) is 12.6 Å². The van der Waals surface area contributed by atoms with Crippen LogP contribution >= 0.6 is 0 Å². The molecule has 1 aromatic heterocycles. The van der Waals surface area contributed by atoms with E-state index in [1.165, 1.54) is 13.3 Å². The smallest absolute Gasteiger partial charge is 0.315 e. The molecule has 3 N–H and O–H groups in total. The fourth-order valence-corrected chi connectivity index (χ4v) is 0.829. The second-order valence-corrected chi connectivity index (χ2v) is 2.85. The molecule has 0 fully saturated rings. The monoisotopic (exact) mass is 197 g/mol. The lowest BCUT2D eigenvalue weighted by Gasteiger charge is -2.06. The van der Waals surface area contributed by atoms with Crippen LogP contribution < -0.4 is 5.32 Å². The number of aliphatic carboxylic acids is 1. The van der Waals surface area contributed by atoms with Crippen LogP contribution in [0.2, 0.25) is 0 Å². The minimum atomic E-state index is -1.13. The van der Waals surface area contributed by atoms with Crippen molar-refractivity contribution in [2.75, 3.05) is 0 Å². The molecule has 1 atom stereocenters. The number of carboxylic acids is 1. The van der Waals surface area contributed by atoms with E-state index in [-0.39, 0.29) is 6.54 Å². The number of aromatic amines is 1. The Balaban J connectivity index is 2.39. The van der Waals surface area contributed by atoms with Crippen molar-refractivity contribution in [2.45, 2.75) is 13.5 Å². The van der Waals surface area contributed by atoms with Gasteiger partial charge in [-0.1, -0.05) is 0 Å². The fraction of sp³-hybridized carbons (Fsp3) is 0.375. The summed E-state index contributed by atoms with van der Waals surface area (Å²) in [7, 11) is 0. The third kappa shape index (κ3) is 2.58. The number of hydrogen-bond donors (Lipinski definition) is 3. The Bertz CT molecular complexity index is 321. The van der Waals surface area contributed by atoms with Gasteiger partial charge in [0.25, 0.3) is 0 Å². The zero-order valence-corrected chi connectivity index (χ0v) is 7.65. The first-order valence-electron chi connectivity index (χ1n) is 4.09. The summed E-state index contributed by atoms with van der Waals surface area (Å²) in [5.74, 6) is -2.67. The normalized spacial score (nSPS) is 12.1. The minimum Gasteiger partial charge on any atom is -0.481 e. The molecule has 0 radical (unpaired) electrons. The van der Waals surface area contributed by atoms with Crippen LogP contribution in [0.4, 0.5) is 0 Å². The van der Waals surface area contributed by atoms with Gasteiger partial charge in [-0.3, -0.25) is 9.59 Å². The molecule has 1 amide bonds. The number of carboxylic acid groups (broad SMARTS) is 1. The Kier molecular flexibility index (Phi) is 3.22. The molecule has 0 saturated heterocycles. The molecule has 1 aromatic rings. The summed E-state index contributed by atoms with van der Waals surface area (Å²) in [6.07, 6.45) is 3.05. The van der Waals surface area contributed by atoms with Gasteiger partial charge in [-0.25, -0.2) is 4.98 Å². The van der Waals surface area contributed by atoms with E-state index in [0.717, 1.165) is 5.69 Å². The molecule has 0 aliphatic heterocycles. The largest absolute Gasteiger partial charge is 0.481 e. The molecule has 1 unspecified atom stereocenters. The quantitative estimate of drug-likeness (QED) is 0.580. The highest BCUT2D eigenvalue weighted by Crippen LogP contribution is 1.96. The summed E-state index contributed by atoms with van der Waals surface area (Å²) < 4.78 is 0. The maximum atomic E-state index is 11.2. The van der Waals surface area contributed by atoms with E-state index in [2.05, 4.69) is 15.3 Å². The third-order valence-electron chi connectivity index (χ3n) is 1.77. The van der Waals surface area contributed by atoms with Crippen molar-refractivity contribution in [1.29, 1.82) is 0 Å². The van der Waals surface area contributed by atoms with E-state index in [0.29, 0.717) is 0 Å². The highest BCUT2D eigenvalue weighted by molar-refractivity contribution is 5.96. The second kappa shape index (κ2) is 4.40. The van der Waals surface area contributed by atoms with Gasteiger partial charge in [0, 0.05) is 6.20 Å². The number of rotatable bonds is 4. The lowest BCUT2D eigenvalue weighted by molar-refractivity contribution is -0.146. The molecule has 1 heterocycles. The van der Waals surface area contributed by atoms with Gasteiger partial charge in [0.2, 0.25) is 5.91 Å². The molecule has 0 bridgehead atoms. The van der Waals surface area contributed by atoms with Crippen LogP contribution in [-0.4, -0.2) is 27.0 Å². The number of carbonyl (C=O) groups excluding carboxylic acids is 1. The van der Waals surface area contributed by atoms with Crippen molar-refractivity contribution < 1.29 is 14.7 Å². The summed E-state index contributed by atoms with van der Waals surface area (Å²) in [5, 5.41) is 11.0. The number of imidazole rings is 1. The first-order valence-corrected chi connectivity index (χ1v) is 4.09. The van der Waals surface area contributed by atoms with Crippen LogP contribution in [0.25, 0.3) is 0 Å². The van der Waals surface area contributed by atoms with Gasteiger partial charge in [-0.15, -0.1) is 0 Å². The predicted octanol–water partition coefficient (Wildman–Crippen LogP) is -0.253. The van der Waals surface area contributed by atoms with Crippen LogP contribution in [0.5, 0.6) is 0 Å². The van der Waals surface area contributed by atoms with Gasteiger partial charge in [0.1, 0.15) is 5.92 Å². The average Bonchev–Trinajstić information content (AvgIpc) is 2.65. The van der Waals surface area contributed by atoms with Gasteiger partial charge >= 0.3 is 5.97 Å². The molecular formula is C8H11N3O3. The molecule has 76 valence electrons. The molecule has 0 aliphatic carbocycles. The summed E-state index contributed by atoms with van der Waals surface area (Å²) in [4.78, 5) is 28.1. The molecule has 0 saturated carbocycles. The van der Waals surface area contributed by atoms with E-state index in [4.69, 9.17) is 5.11 Å². The Morgan fingerprint density at radius 1 is 1.71 bits per heavy atom. The predicted molar refractivity (Wildman–Crippen MR) is 47.2 cm³/mol. The highest BCUT2D eigenvalue weighted by Gasteiger charge is 2.19. The number of nitrogens with zero attached hydrogens (tertiary/aromatic N) is 1. The molecule has 0 aromatic carbocycles. The third-order valence-corrected chi connectivity index (χ3v) is 1.77. The molecule has 1 rings (SSSR count). The number of H-pyrrole nitrogens is 1. The van der Waals surface area contributed by atoms with Crippen molar-refractivity contribution in [3.05, 3.63) is 18.2 Å². The van der Waals surface area contributed by atoms with Crippen molar-refractivity contribution in [3.8, 4) is 0 Å². The van der Waals surface area contributed by atoms with Crippen molar-refractivity contribution >= 4 is 11.9 Å². The van der Waals surface area contributed by atoms with Crippen LogP contribution in [0.15, 0.2) is 12.5 Å². The van der Waals surface area contributed by atoms with E-state index in [1.807, 2.05) is 0 Å². The summed E-state index contributed by atoms with van der Waals surface area (Å²) >= 11 is 0. The number of aromatic nitrogens is 2. The van der Waals surface area contributed by atoms with E-state index in [1.54, 1.807) is 6.20 Å². The molecular weight excluding hydrogens is 186 g/mol. The maximum absolute atomic E-state index is 11.2. The van der Waals surface area contributed by atoms with Crippen molar-refractivity contribution in [2.24, 2.45) is 5.92 Å². The van der Waals surface area contributed by atoms with Gasteiger partial charge in [-0.05, 0) is 6.92 Å². The Hall–Kier alpha value is -1.85. The van der Waals surface area contributed by atoms with Gasteiger partial charge < -0.3 is 15.4 Å². The molecule has 0 aliphatic rings. The number of hydrogen-bond acceptors (Lipinski definition) is 3. The summed E-state index contributed by atoms with van der Waals surface area (Å²) in [6.45, 7) is 1.60. The van der Waals surface area contributed by atoms with Gasteiger partial charge in [-0.2, -0.15) is 0 Å². The lowest BCUT2D eigenvalue weighted by Crippen LogP contribution is -2.33. The number of carbonyl (C=O) groups is 2. The van der Waals surface area contributed by atoms with E-state index < -0.39 is 17.8 Å². The molecule has 14 heavy (non-hydrogen) atoms. The van der Waals surface area contributed by atoms with Crippen LogP contribution in [0.3, 0.4) is 0 Å². The second-order valence-electron chi connectivity index (χ2n) is 2.85. The van der Waals surface area contributed by atoms with E-state index >= 15 is 0 Å². The Morgan fingerprint density at radius 3 is 2.93 bits per heavy atom. The molecule has 6 heteroatoms. The lowest BCUT2D eigenvalue weighted by atomic mass is 10.2. The Labute approximate surface area is 80.4 Å². The topological polar surface area (TPSA) is 95.1 Å². The average molecular weight is 197 g/mol. The molecule has 6 nitrogen and oxygen atoms in total. The summed E-state index contributed by atoms with van der Waals surface area (Å²) in [6, 6.07) is 0. The van der Waals surface area contributed by atoms with E-state index in [9.17, 15) is 9.59 Å². The number of nitrogens with one attached hydrogen (secondary N) is 2. The zero-order valence-electron chi connectivity index (χ0n) is 7.65. The standard InChI is InChI=1S/C8H11N3O3/c1-5(8(13)14)7(12)10-3-6-2-9-4-11-6/h2,4-5H,3H2,1H3,(H,9,11)(H,10,12)(H,13,14). The van der Waals surface area contributed by atoms with Crippen molar-refractivity contribution in [1.82, 2.24) is 15.3 Å². The summed E-state index contributed by atoms with van der Waals surface area (Å²) in [5.41, 5.74) is 0.732. The van der Waals surface area contributed by atoms with Gasteiger partial charge in [0.05, 0.1) is 18.6 Å².